The van der Waals surface area contributed by atoms with Crippen LogP contribution in [-0.4, -0.2) is 58.5 Å². The van der Waals surface area contributed by atoms with Crippen molar-refractivity contribution < 1.29 is 19.7 Å². The maximum absolute atomic E-state index is 10.5. The van der Waals surface area contributed by atoms with Crippen molar-refractivity contribution >= 4 is 5.97 Å². The molecule has 2 aliphatic rings. The van der Waals surface area contributed by atoms with Gasteiger partial charge < -0.3 is 14.9 Å². The number of rotatable bonds is 5. The Kier molecular flexibility index (Phi) is 3.94. The average Bonchev–Trinajstić information content (AvgIpc) is 2.25. The highest BCUT2D eigenvalue weighted by atomic mass is 16.5. The molecule has 2 N–H and O–H groups in total. The molecule has 2 fully saturated rings. The minimum absolute atomic E-state index is 0.241. The molecule has 1 aliphatic heterocycles. The third-order valence-corrected chi connectivity index (χ3v) is 3.96. The van der Waals surface area contributed by atoms with Crippen LogP contribution in [0.15, 0.2) is 0 Å². The van der Waals surface area contributed by atoms with Crippen molar-refractivity contribution in [3.05, 3.63) is 0 Å². The van der Waals surface area contributed by atoms with Crippen molar-refractivity contribution in [1.29, 1.82) is 0 Å². The average molecular weight is 257 g/mol. The van der Waals surface area contributed by atoms with Crippen molar-refractivity contribution in [2.75, 3.05) is 26.2 Å². The molecule has 1 heterocycles. The van der Waals surface area contributed by atoms with E-state index in [0.717, 1.165) is 25.7 Å². The summed E-state index contributed by atoms with van der Waals surface area (Å²) in [5, 5.41) is 19.0. The van der Waals surface area contributed by atoms with Crippen molar-refractivity contribution in [3.8, 4) is 0 Å². The second-order valence-corrected chi connectivity index (χ2v) is 6.06. The lowest BCUT2D eigenvalue weighted by Gasteiger charge is -2.50. The normalized spacial score (nSPS) is 26.6. The van der Waals surface area contributed by atoms with Gasteiger partial charge in [0.25, 0.3) is 0 Å². The summed E-state index contributed by atoms with van der Waals surface area (Å²) >= 11 is 0. The number of carbonyl (C=O) groups is 1. The van der Waals surface area contributed by atoms with E-state index in [-0.39, 0.29) is 12.2 Å². The number of carboxylic acid groups (broad SMARTS) is 1. The summed E-state index contributed by atoms with van der Waals surface area (Å²) in [6.07, 6.45) is 5.21. The van der Waals surface area contributed by atoms with Crippen LogP contribution < -0.4 is 0 Å². The van der Waals surface area contributed by atoms with Gasteiger partial charge in [0, 0.05) is 19.6 Å². The Labute approximate surface area is 108 Å². The fourth-order valence-electron chi connectivity index (χ4n) is 3.12. The van der Waals surface area contributed by atoms with Crippen molar-refractivity contribution in [3.63, 3.8) is 0 Å². The summed E-state index contributed by atoms with van der Waals surface area (Å²) in [5.41, 5.74) is -0.893. The van der Waals surface area contributed by atoms with E-state index in [0.29, 0.717) is 19.6 Å². The Morgan fingerprint density at radius 3 is 2.44 bits per heavy atom. The highest BCUT2D eigenvalue weighted by molar-refractivity contribution is 5.68. The van der Waals surface area contributed by atoms with E-state index < -0.39 is 11.6 Å². The van der Waals surface area contributed by atoms with Gasteiger partial charge in [0.15, 0.2) is 0 Å². The van der Waals surface area contributed by atoms with E-state index in [4.69, 9.17) is 9.84 Å². The van der Waals surface area contributed by atoms with E-state index in [1.54, 1.807) is 0 Å². The van der Waals surface area contributed by atoms with Crippen LogP contribution in [0.1, 0.15) is 39.0 Å². The molecule has 2 rings (SSSR count). The molecule has 0 radical (unpaired) electrons. The molecular formula is C13H23NO4. The zero-order valence-electron chi connectivity index (χ0n) is 11.0. The third kappa shape index (κ3) is 3.43. The molecule has 0 aromatic rings. The Balaban J connectivity index is 1.73. The van der Waals surface area contributed by atoms with E-state index >= 15 is 0 Å². The molecule has 0 aromatic heterocycles. The Hall–Kier alpha value is -0.650. The number of carboxylic acids is 1. The van der Waals surface area contributed by atoms with Gasteiger partial charge >= 0.3 is 5.97 Å². The van der Waals surface area contributed by atoms with Crippen molar-refractivity contribution in [2.24, 2.45) is 0 Å². The van der Waals surface area contributed by atoms with E-state index in [2.05, 4.69) is 4.90 Å². The SMILES string of the molecule is CC1(OCC(=O)O)CN(CC2(O)CCCCC2)C1. The number of aliphatic hydroxyl groups is 1. The predicted molar refractivity (Wildman–Crippen MR) is 66.5 cm³/mol. The highest BCUT2D eigenvalue weighted by Gasteiger charge is 2.43. The van der Waals surface area contributed by atoms with Crippen LogP contribution in [0.2, 0.25) is 0 Å². The minimum atomic E-state index is -0.930. The summed E-state index contributed by atoms with van der Waals surface area (Å²) in [6.45, 7) is 3.80. The first-order valence-electron chi connectivity index (χ1n) is 6.71. The minimum Gasteiger partial charge on any atom is -0.480 e. The molecule has 0 unspecified atom stereocenters. The summed E-state index contributed by atoms with van der Waals surface area (Å²) < 4.78 is 5.36. The number of likely N-dealkylation sites (tertiary alicyclic amines) is 1. The smallest absolute Gasteiger partial charge is 0.329 e. The van der Waals surface area contributed by atoms with E-state index in [9.17, 15) is 9.90 Å². The molecular weight excluding hydrogens is 234 g/mol. The molecule has 1 saturated heterocycles. The quantitative estimate of drug-likeness (QED) is 0.764. The van der Waals surface area contributed by atoms with Gasteiger partial charge in [-0.25, -0.2) is 4.79 Å². The number of ether oxygens (including phenoxy) is 1. The zero-order valence-corrected chi connectivity index (χ0v) is 11.0. The highest BCUT2D eigenvalue weighted by Crippen LogP contribution is 2.32. The zero-order chi connectivity index (χ0) is 13.2. The standard InChI is InChI=1S/C13H23NO4/c1-12(18-7-11(15)16)8-14(9-12)10-13(17)5-3-2-4-6-13/h17H,2-10H2,1H3,(H,15,16). The van der Waals surface area contributed by atoms with Crippen LogP contribution in [0.4, 0.5) is 0 Å². The third-order valence-electron chi connectivity index (χ3n) is 3.96. The van der Waals surface area contributed by atoms with Crippen molar-refractivity contribution in [2.45, 2.75) is 50.2 Å². The molecule has 0 bridgehead atoms. The maximum atomic E-state index is 10.5. The molecule has 1 aliphatic carbocycles. The molecule has 5 heteroatoms. The molecule has 0 atom stereocenters. The van der Waals surface area contributed by atoms with Crippen LogP contribution in [0.25, 0.3) is 0 Å². The van der Waals surface area contributed by atoms with Gasteiger partial charge in [0.05, 0.1) is 11.2 Å². The first-order valence-corrected chi connectivity index (χ1v) is 6.71. The van der Waals surface area contributed by atoms with Crippen LogP contribution in [0.5, 0.6) is 0 Å². The fraction of sp³-hybridized carbons (Fsp3) is 0.923. The molecule has 0 spiro atoms. The fourth-order valence-corrected chi connectivity index (χ4v) is 3.12. The predicted octanol–water partition coefficient (Wildman–Crippen LogP) is 0.857. The lowest BCUT2D eigenvalue weighted by molar-refractivity contribution is -0.172. The second kappa shape index (κ2) is 5.15. The van der Waals surface area contributed by atoms with Gasteiger partial charge in [0.2, 0.25) is 0 Å². The van der Waals surface area contributed by atoms with Gasteiger partial charge in [-0.1, -0.05) is 19.3 Å². The summed E-state index contributed by atoms with van der Waals surface area (Å²) in [6, 6.07) is 0. The van der Waals surface area contributed by atoms with Gasteiger partial charge in [0.1, 0.15) is 6.61 Å². The van der Waals surface area contributed by atoms with E-state index in [1.165, 1.54) is 6.42 Å². The van der Waals surface area contributed by atoms with E-state index in [1.807, 2.05) is 6.92 Å². The largest absolute Gasteiger partial charge is 0.480 e. The first-order chi connectivity index (χ1) is 8.41. The molecule has 5 nitrogen and oxygen atoms in total. The number of hydrogen-bond donors (Lipinski definition) is 2. The van der Waals surface area contributed by atoms with Gasteiger partial charge in [-0.15, -0.1) is 0 Å². The van der Waals surface area contributed by atoms with Gasteiger partial charge in [-0.2, -0.15) is 0 Å². The lowest BCUT2D eigenvalue weighted by Crippen LogP contribution is -2.64. The number of nitrogens with zero attached hydrogens (tertiary/aromatic N) is 1. The first kappa shape index (κ1) is 13.8. The second-order valence-electron chi connectivity index (χ2n) is 6.06. The van der Waals surface area contributed by atoms with Crippen LogP contribution in [0.3, 0.4) is 0 Å². The molecule has 1 saturated carbocycles. The molecule has 104 valence electrons. The summed E-state index contributed by atoms with van der Waals surface area (Å²) in [5.74, 6) is -0.930. The lowest BCUT2D eigenvalue weighted by atomic mass is 9.83. The monoisotopic (exact) mass is 257 g/mol. The summed E-state index contributed by atoms with van der Waals surface area (Å²) in [4.78, 5) is 12.6. The van der Waals surface area contributed by atoms with Crippen LogP contribution >= 0.6 is 0 Å². The van der Waals surface area contributed by atoms with Gasteiger partial charge in [-0.3, -0.25) is 4.90 Å². The Morgan fingerprint density at radius 2 is 1.89 bits per heavy atom. The number of aliphatic carboxylic acids is 1. The maximum Gasteiger partial charge on any atom is 0.329 e. The number of β-amino-alcohol motifs (C(OH)–C–C–N with tert-alkyl or cyclic N) is 1. The van der Waals surface area contributed by atoms with Crippen molar-refractivity contribution in [1.82, 2.24) is 4.90 Å². The summed E-state index contributed by atoms with van der Waals surface area (Å²) in [7, 11) is 0. The topological polar surface area (TPSA) is 70.0 Å². The Bertz CT molecular complexity index is 306. The Morgan fingerprint density at radius 1 is 1.28 bits per heavy atom. The van der Waals surface area contributed by atoms with Crippen LogP contribution in [0, 0.1) is 0 Å². The molecule has 18 heavy (non-hydrogen) atoms. The van der Waals surface area contributed by atoms with Crippen LogP contribution in [-0.2, 0) is 9.53 Å². The van der Waals surface area contributed by atoms with Gasteiger partial charge in [-0.05, 0) is 19.8 Å². The molecule has 0 amide bonds. The number of hydrogen-bond acceptors (Lipinski definition) is 4. The molecule has 0 aromatic carbocycles.